The van der Waals surface area contributed by atoms with Gasteiger partial charge in [0.25, 0.3) is 5.91 Å². The number of rotatable bonds is 8. The van der Waals surface area contributed by atoms with Gasteiger partial charge in [-0.2, -0.15) is 0 Å². The van der Waals surface area contributed by atoms with Crippen molar-refractivity contribution in [2.75, 3.05) is 18.5 Å². The number of carbonyl (C=O) groups is 3. The number of para-hydroxylation sites is 1. The minimum Gasteiger partial charge on any atom is -0.508 e. The molecule has 0 aliphatic heterocycles. The molecule has 4 N–H and O–H groups in total. The SMILES string of the molecule is Cc1cccc(C)c1NC(=O)C(c1ccc(O)cc1)N(CCO)C(=O)C(C)NC(=O)OC(C)(C)C. The molecule has 2 aromatic rings. The Balaban J connectivity index is 2.42. The number of alkyl carbamates (subject to hydrolysis) is 1. The second-order valence-electron chi connectivity index (χ2n) is 9.37. The fourth-order valence-corrected chi connectivity index (χ4v) is 3.60. The Morgan fingerprint density at radius 2 is 1.60 bits per heavy atom. The van der Waals surface area contributed by atoms with Gasteiger partial charge in [0, 0.05) is 12.2 Å². The standard InChI is InChI=1S/C26H35N3O6/c1-16-8-7-9-17(2)21(16)28-23(32)22(19-10-12-20(31)13-11-19)29(14-15-30)24(33)18(3)27-25(34)35-26(4,5)6/h7-13,18,22,30-31H,14-15H2,1-6H3,(H,27,34)(H,28,32). The molecular weight excluding hydrogens is 450 g/mol. The number of phenolic OH excluding ortho intramolecular Hbond substituents is 1. The van der Waals surface area contributed by atoms with Crippen molar-refractivity contribution in [2.45, 2.75) is 59.2 Å². The van der Waals surface area contributed by atoms with Gasteiger partial charge in [-0.1, -0.05) is 30.3 Å². The first kappa shape index (κ1) is 27.7. The lowest BCUT2D eigenvalue weighted by molar-refractivity contribution is -0.141. The molecule has 190 valence electrons. The number of carbonyl (C=O) groups excluding carboxylic acids is 3. The van der Waals surface area contributed by atoms with Crippen molar-refractivity contribution < 1.29 is 29.3 Å². The number of anilines is 1. The normalized spacial score (nSPS) is 12.9. The smallest absolute Gasteiger partial charge is 0.408 e. The highest BCUT2D eigenvalue weighted by atomic mass is 16.6. The zero-order valence-corrected chi connectivity index (χ0v) is 21.1. The van der Waals surface area contributed by atoms with E-state index in [4.69, 9.17) is 4.74 Å². The molecule has 0 saturated carbocycles. The van der Waals surface area contributed by atoms with E-state index in [1.165, 1.54) is 36.1 Å². The number of nitrogens with zero attached hydrogens (tertiary/aromatic N) is 1. The van der Waals surface area contributed by atoms with Gasteiger partial charge in [-0.3, -0.25) is 9.59 Å². The number of hydrogen-bond donors (Lipinski definition) is 4. The Bertz CT molecular complexity index is 1030. The first-order valence-electron chi connectivity index (χ1n) is 11.4. The first-order chi connectivity index (χ1) is 16.3. The number of benzene rings is 2. The molecule has 0 heterocycles. The first-order valence-corrected chi connectivity index (χ1v) is 11.4. The van der Waals surface area contributed by atoms with Crippen LogP contribution in [0.15, 0.2) is 42.5 Å². The third-order valence-electron chi connectivity index (χ3n) is 5.23. The summed E-state index contributed by atoms with van der Waals surface area (Å²) in [5.74, 6) is -1.08. The number of amides is 3. The van der Waals surface area contributed by atoms with E-state index >= 15 is 0 Å². The fraction of sp³-hybridized carbons (Fsp3) is 0.423. The molecule has 0 aliphatic carbocycles. The van der Waals surface area contributed by atoms with Gasteiger partial charge in [-0.05, 0) is 70.4 Å². The third-order valence-corrected chi connectivity index (χ3v) is 5.23. The van der Waals surface area contributed by atoms with Gasteiger partial charge in [0.2, 0.25) is 5.91 Å². The summed E-state index contributed by atoms with van der Waals surface area (Å²) in [5, 5.41) is 24.9. The summed E-state index contributed by atoms with van der Waals surface area (Å²) in [5.41, 5.74) is 2.00. The summed E-state index contributed by atoms with van der Waals surface area (Å²) in [6.45, 7) is 9.75. The molecule has 0 radical (unpaired) electrons. The van der Waals surface area contributed by atoms with E-state index in [9.17, 15) is 24.6 Å². The Labute approximate surface area is 206 Å². The van der Waals surface area contributed by atoms with E-state index in [1.54, 1.807) is 20.8 Å². The lowest BCUT2D eigenvalue weighted by Crippen LogP contribution is -2.52. The average Bonchev–Trinajstić information content (AvgIpc) is 2.75. The average molecular weight is 486 g/mol. The maximum absolute atomic E-state index is 13.6. The monoisotopic (exact) mass is 485 g/mol. The van der Waals surface area contributed by atoms with E-state index in [0.29, 0.717) is 11.3 Å². The van der Waals surface area contributed by atoms with Crippen LogP contribution in [0.5, 0.6) is 5.75 Å². The lowest BCUT2D eigenvalue weighted by atomic mass is 10.0. The third kappa shape index (κ3) is 7.71. The molecule has 0 saturated heterocycles. The van der Waals surface area contributed by atoms with Crippen LogP contribution in [-0.2, 0) is 14.3 Å². The molecule has 2 aromatic carbocycles. The van der Waals surface area contributed by atoms with Gasteiger partial charge in [0.05, 0.1) is 6.61 Å². The maximum Gasteiger partial charge on any atom is 0.408 e. The van der Waals surface area contributed by atoms with Crippen molar-refractivity contribution in [1.29, 1.82) is 0 Å². The molecule has 9 nitrogen and oxygen atoms in total. The second-order valence-corrected chi connectivity index (χ2v) is 9.37. The Kier molecular flexibility index (Phi) is 9.25. The lowest BCUT2D eigenvalue weighted by Gasteiger charge is -2.33. The zero-order valence-electron chi connectivity index (χ0n) is 21.1. The molecule has 35 heavy (non-hydrogen) atoms. The molecule has 0 bridgehead atoms. The summed E-state index contributed by atoms with van der Waals surface area (Å²) in [6, 6.07) is 9.33. The number of aryl methyl sites for hydroxylation is 2. The number of aromatic hydroxyl groups is 1. The quantitative estimate of drug-likeness (QED) is 0.454. The Hall–Kier alpha value is -3.59. The predicted molar refractivity (Wildman–Crippen MR) is 133 cm³/mol. The molecule has 2 rings (SSSR count). The Morgan fingerprint density at radius 1 is 1.03 bits per heavy atom. The summed E-state index contributed by atoms with van der Waals surface area (Å²) in [4.78, 5) is 40.4. The van der Waals surface area contributed by atoms with Crippen LogP contribution in [0.3, 0.4) is 0 Å². The van der Waals surface area contributed by atoms with Crippen LogP contribution in [0.1, 0.15) is 50.4 Å². The van der Waals surface area contributed by atoms with Gasteiger partial charge in [0.1, 0.15) is 23.4 Å². The van der Waals surface area contributed by atoms with Crippen molar-refractivity contribution in [2.24, 2.45) is 0 Å². The van der Waals surface area contributed by atoms with Crippen LogP contribution in [0, 0.1) is 13.8 Å². The summed E-state index contributed by atoms with van der Waals surface area (Å²) < 4.78 is 5.23. The molecule has 9 heteroatoms. The van der Waals surface area contributed by atoms with Crippen molar-refractivity contribution >= 4 is 23.6 Å². The van der Waals surface area contributed by atoms with Crippen LogP contribution < -0.4 is 10.6 Å². The van der Waals surface area contributed by atoms with Crippen molar-refractivity contribution in [3.05, 3.63) is 59.2 Å². The van der Waals surface area contributed by atoms with Crippen LogP contribution in [0.25, 0.3) is 0 Å². The summed E-state index contributed by atoms with van der Waals surface area (Å²) in [6.07, 6.45) is -0.775. The van der Waals surface area contributed by atoms with E-state index in [0.717, 1.165) is 11.1 Å². The summed E-state index contributed by atoms with van der Waals surface area (Å²) >= 11 is 0. The molecule has 2 unspecified atom stereocenters. The highest BCUT2D eigenvalue weighted by molar-refractivity contribution is 5.99. The van der Waals surface area contributed by atoms with E-state index in [1.807, 2.05) is 32.0 Å². The highest BCUT2D eigenvalue weighted by Crippen LogP contribution is 2.27. The van der Waals surface area contributed by atoms with Gasteiger partial charge >= 0.3 is 6.09 Å². The number of phenols is 1. The predicted octanol–water partition coefficient (Wildman–Crippen LogP) is 3.42. The van der Waals surface area contributed by atoms with E-state index in [-0.39, 0.29) is 12.3 Å². The van der Waals surface area contributed by atoms with Crippen molar-refractivity contribution in [3.63, 3.8) is 0 Å². The fourth-order valence-electron chi connectivity index (χ4n) is 3.60. The van der Waals surface area contributed by atoms with Crippen LogP contribution in [0.4, 0.5) is 10.5 Å². The van der Waals surface area contributed by atoms with Crippen LogP contribution in [-0.4, -0.2) is 57.8 Å². The van der Waals surface area contributed by atoms with Crippen LogP contribution in [0.2, 0.25) is 0 Å². The largest absolute Gasteiger partial charge is 0.508 e. The van der Waals surface area contributed by atoms with Crippen molar-refractivity contribution in [1.82, 2.24) is 10.2 Å². The minimum atomic E-state index is -1.14. The Morgan fingerprint density at radius 3 is 2.11 bits per heavy atom. The second kappa shape index (κ2) is 11.7. The van der Waals surface area contributed by atoms with E-state index < -0.39 is 42.2 Å². The van der Waals surface area contributed by atoms with Gasteiger partial charge < -0.3 is 30.5 Å². The minimum absolute atomic E-state index is 0.00246. The van der Waals surface area contributed by atoms with Gasteiger partial charge in [0.15, 0.2) is 0 Å². The highest BCUT2D eigenvalue weighted by Gasteiger charge is 2.34. The van der Waals surface area contributed by atoms with Crippen molar-refractivity contribution in [3.8, 4) is 5.75 Å². The van der Waals surface area contributed by atoms with Gasteiger partial charge in [-0.15, -0.1) is 0 Å². The molecule has 0 aromatic heterocycles. The number of ether oxygens (including phenoxy) is 1. The van der Waals surface area contributed by atoms with E-state index in [2.05, 4.69) is 10.6 Å². The molecule has 0 fully saturated rings. The number of aliphatic hydroxyl groups is 1. The molecule has 2 atom stereocenters. The maximum atomic E-state index is 13.6. The molecular formula is C26H35N3O6. The van der Waals surface area contributed by atoms with Gasteiger partial charge in [-0.25, -0.2) is 4.79 Å². The number of hydrogen-bond acceptors (Lipinski definition) is 6. The summed E-state index contributed by atoms with van der Waals surface area (Å²) in [7, 11) is 0. The molecule has 0 aliphatic rings. The zero-order chi connectivity index (χ0) is 26.3. The topological polar surface area (TPSA) is 128 Å². The number of aliphatic hydroxyl groups excluding tert-OH is 1. The molecule has 3 amide bonds. The molecule has 0 spiro atoms. The number of nitrogens with one attached hydrogen (secondary N) is 2. The van der Waals surface area contributed by atoms with Crippen LogP contribution >= 0.6 is 0 Å².